The first-order valence-electron chi connectivity index (χ1n) is 14.6. The molecular weight excluding hydrogens is 538 g/mol. The number of ether oxygens (including phenoxy) is 3. The van der Waals surface area contributed by atoms with E-state index in [9.17, 15) is 13.2 Å². The highest BCUT2D eigenvalue weighted by atomic mass is 32.2. The Balaban J connectivity index is 1.24. The summed E-state index contributed by atoms with van der Waals surface area (Å²) in [6, 6.07) is 13.0. The summed E-state index contributed by atoms with van der Waals surface area (Å²) in [4.78, 5) is 11.9. The third-order valence-corrected chi connectivity index (χ3v) is 10.6. The van der Waals surface area contributed by atoms with Gasteiger partial charge in [0.25, 0.3) is 0 Å². The fraction of sp³-hybridized carbons (Fsp3) is 0.485. The largest absolute Gasteiger partial charge is 0.497 e. The molecule has 0 saturated carbocycles. The van der Waals surface area contributed by atoms with Crippen LogP contribution in [0.25, 0.3) is 11.1 Å². The van der Waals surface area contributed by atoms with Crippen molar-refractivity contribution >= 4 is 15.8 Å². The Hall–Kier alpha value is -3.26. The second-order valence-corrected chi connectivity index (χ2v) is 14.0. The van der Waals surface area contributed by atoms with Crippen molar-refractivity contribution in [2.75, 3.05) is 31.8 Å². The van der Waals surface area contributed by atoms with E-state index in [0.29, 0.717) is 32.6 Å². The van der Waals surface area contributed by atoms with E-state index >= 15 is 0 Å². The number of methoxy groups -OCH3 is 1. The molecule has 5 rings (SSSR count). The Bertz CT molecular complexity index is 1460. The van der Waals surface area contributed by atoms with Gasteiger partial charge in [-0.25, -0.2) is 8.42 Å². The van der Waals surface area contributed by atoms with Gasteiger partial charge < -0.3 is 19.5 Å². The number of sulfone groups is 1. The smallest absolute Gasteiger partial charge is 0.305 e. The lowest BCUT2D eigenvalue weighted by atomic mass is 9.71. The number of nitrogens with one attached hydrogen (secondary N) is 1. The van der Waals surface area contributed by atoms with Crippen LogP contribution in [0.15, 0.2) is 60.0 Å². The molecule has 0 bridgehead atoms. The van der Waals surface area contributed by atoms with Crippen LogP contribution in [0, 0.1) is 11.3 Å². The summed E-state index contributed by atoms with van der Waals surface area (Å²) in [6.45, 7) is 5.48. The Morgan fingerprint density at radius 2 is 1.95 bits per heavy atom. The number of aryl methyl sites for hydroxylation is 2. The summed E-state index contributed by atoms with van der Waals surface area (Å²) in [5, 5.41) is 3.58. The number of allylic oxidation sites excluding steroid dienone is 3. The maximum atomic E-state index is 11.9. The van der Waals surface area contributed by atoms with Gasteiger partial charge in [0.05, 0.1) is 32.5 Å². The lowest BCUT2D eigenvalue weighted by Crippen LogP contribution is -2.29. The van der Waals surface area contributed by atoms with Gasteiger partial charge in [-0.1, -0.05) is 38.1 Å². The Morgan fingerprint density at radius 3 is 2.76 bits per heavy atom. The summed E-state index contributed by atoms with van der Waals surface area (Å²) < 4.78 is 40.3. The Kier molecular flexibility index (Phi) is 8.78. The van der Waals surface area contributed by atoms with E-state index in [4.69, 9.17) is 14.2 Å². The van der Waals surface area contributed by atoms with Gasteiger partial charge in [-0.3, -0.25) is 4.79 Å². The fourth-order valence-electron chi connectivity index (χ4n) is 6.05. The zero-order valence-corrected chi connectivity index (χ0v) is 25.1. The van der Waals surface area contributed by atoms with E-state index in [-0.39, 0.29) is 28.8 Å². The van der Waals surface area contributed by atoms with Crippen molar-refractivity contribution in [2.45, 2.75) is 58.9 Å². The highest BCUT2D eigenvalue weighted by Gasteiger charge is 2.46. The molecule has 41 heavy (non-hydrogen) atoms. The number of rotatable bonds is 11. The molecule has 8 heteroatoms. The van der Waals surface area contributed by atoms with Crippen LogP contribution in [0.5, 0.6) is 5.75 Å². The molecule has 0 amide bonds. The minimum atomic E-state index is -2.97. The normalized spacial score (nSPS) is 21.3. The van der Waals surface area contributed by atoms with Crippen LogP contribution < -0.4 is 10.1 Å². The lowest BCUT2D eigenvalue weighted by Gasteiger charge is -2.31. The van der Waals surface area contributed by atoms with Gasteiger partial charge in [-0.05, 0) is 84.2 Å². The summed E-state index contributed by atoms with van der Waals surface area (Å²) in [6.07, 6.45) is 9.07. The SMILES string of the molecule is CCS(=O)(=O)CCCOc1ccc2c(c1)CCCc1ccc(CNC3=CCC4(C)C(=C3)OC[C@H]4CC(=O)OC)cc1-2. The number of esters is 1. The van der Waals surface area contributed by atoms with Crippen molar-refractivity contribution in [2.24, 2.45) is 11.3 Å². The van der Waals surface area contributed by atoms with Crippen molar-refractivity contribution in [3.8, 4) is 16.9 Å². The van der Waals surface area contributed by atoms with E-state index in [0.717, 1.165) is 42.9 Å². The van der Waals surface area contributed by atoms with Crippen LogP contribution in [0.1, 0.15) is 56.2 Å². The monoisotopic (exact) mass is 579 g/mol. The average Bonchev–Trinajstić information content (AvgIpc) is 3.17. The zero-order chi connectivity index (χ0) is 29.0. The van der Waals surface area contributed by atoms with Crippen molar-refractivity contribution < 1.29 is 27.4 Å². The minimum absolute atomic E-state index is 0.117. The van der Waals surface area contributed by atoms with Crippen LogP contribution in [-0.2, 0) is 43.5 Å². The van der Waals surface area contributed by atoms with E-state index in [1.165, 1.54) is 34.9 Å². The van der Waals surface area contributed by atoms with E-state index in [2.05, 4.69) is 54.7 Å². The molecule has 2 atom stereocenters. The summed E-state index contributed by atoms with van der Waals surface area (Å²) >= 11 is 0. The molecule has 1 heterocycles. The van der Waals surface area contributed by atoms with Crippen LogP contribution in [0.2, 0.25) is 0 Å². The molecule has 0 aromatic heterocycles. The van der Waals surface area contributed by atoms with Gasteiger partial charge in [0.15, 0.2) is 0 Å². The predicted octanol–water partition coefficient (Wildman–Crippen LogP) is 5.52. The van der Waals surface area contributed by atoms with Gasteiger partial charge >= 0.3 is 5.97 Å². The van der Waals surface area contributed by atoms with E-state index in [1.807, 2.05) is 6.07 Å². The van der Waals surface area contributed by atoms with Crippen molar-refractivity contribution in [1.29, 1.82) is 0 Å². The quantitative estimate of drug-likeness (QED) is 0.277. The van der Waals surface area contributed by atoms with Crippen LogP contribution in [-0.4, -0.2) is 46.2 Å². The molecule has 0 radical (unpaired) electrons. The fourth-order valence-corrected chi connectivity index (χ4v) is 6.89. The number of carbonyl (C=O) groups excluding carboxylic acids is 1. The number of benzene rings is 2. The Labute approximate surface area is 243 Å². The third-order valence-electron chi connectivity index (χ3n) is 8.82. The predicted molar refractivity (Wildman–Crippen MR) is 160 cm³/mol. The molecule has 1 unspecified atom stereocenters. The Morgan fingerprint density at radius 1 is 1.12 bits per heavy atom. The molecule has 7 nitrogen and oxygen atoms in total. The molecule has 1 aliphatic heterocycles. The summed E-state index contributed by atoms with van der Waals surface area (Å²) in [5.74, 6) is 2.00. The van der Waals surface area contributed by atoms with Gasteiger partial charge in [0.1, 0.15) is 21.3 Å². The van der Waals surface area contributed by atoms with Gasteiger partial charge in [-0.15, -0.1) is 0 Å². The summed E-state index contributed by atoms with van der Waals surface area (Å²) in [7, 11) is -1.54. The van der Waals surface area contributed by atoms with Crippen LogP contribution >= 0.6 is 0 Å². The van der Waals surface area contributed by atoms with Gasteiger partial charge in [0, 0.05) is 29.3 Å². The topological polar surface area (TPSA) is 90.9 Å². The highest BCUT2D eigenvalue weighted by molar-refractivity contribution is 7.91. The number of fused-ring (bicyclic) bond motifs is 4. The van der Waals surface area contributed by atoms with Crippen LogP contribution in [0.4, 0.5) is 0 Å². The maximum Gasteiger partial charge on any atom is 0.305 e. The second kappa shape index (κ2) is 12.3. The molecule has 1 N–H and O–H groups in total. The van der Waals surface area contributed by atoms with Gasteiger partial charge in [-0.2, -0.15) is 0 Å². The number of hydrogen-bond donors (Lipinski definition) is 1. The first-order chi connectivity index (χ1) is 19.7. The maximum absolute atomic E-state index is 11.9. The first kappa shape index (κ1) is 29.2. The molecule has 2 aromatic rings. The second-order valence-electron chi connectivity index (χ2n) is 11.5. The molecule has 220 valence electrons. The van der Waals surface area contributed by atoms with Crippen molar-refractivity contribution in [3.63, 3.8) is 0 Å². The molecule has 2 aromatic carbocycles. The minimum Gasteiger partial charge on any atom is -0.497 e. The molecule has 0 spiro atoms. The van der Waals surface area contributed by atoms with Crippen LogP contribution in [0.3, 0.4) is 0 Å². The summed E-state index contributed by atoms with van der Waals surface area (Å²) in [5.41, 5.74) is 7.21. The first-order valence-corrected chi connectivity index (χ1v) is 16.5. The molecule has 1 saturated heterocycles. The van der Waals surface area contributed by atoms with E-state index in [1.54, 1.807) is 6.92 Å². The number of carbonyl (C=O) groups is 1. The highest BCUT2D eigenvalue weighted by Crippen LogP contribution is 2.49. The van der Waals surface area contributed by atoms with E-state index < -0.39 is 9.84 Å². The molecule has 3 aliphatic rings. The van der Waals surface area contributed by atoms with Crippen molar-refractivity contribution in [3.05, 3.63) is 76.7 Å². The molecular formula is C33H41NO6S. The standard InChI is InChI=1S/C33H41NO6S/c1-4-41(36,37)16-6-15-39-28-11-12-29-25(18-28)8-5-7-24-10-9-23(17-30(24)29)21-34-27-13-14-33(2)26(19-32(35)38-3)22-40-31(33)20-27/h9-13,17-18,20,26,34H,4-8,14-16,19,21-22H2,1-3H3/t26-,33?/m1/s1. The molecule has 2 aliphatic carbocycles. The zero-order valence-electron chi connectivity index (χ0n) is 24.3. The lowest BCUT2D eigenvalue weighted by molar-refractivity contribution is -0.142. The average molecular weight is 580 g/mol. The van der Waals surface area contributed by atoms with Crippen molar-refractivity contribution in [1.82, 2.24) is 5.32 Å². The molecule has 1 fully saturated rings. The van der Waals surface area contributed by atoms with Gasteiger partial charge in [0.2, 0.25) is 0 Å². The third kappa shape index (κ3) is 6.64. The number of hydrogen-bond acceptors (Lipinski definition) is 7.